The van der Waals surface area contributed by atoms with Crippen LogP contribution in [0.2, 0.25) is 0 Å². The number of aliphatic hydroxyl groups is 1. The molecule has 1 aromatic carbocycles. The maximum atomic E-state index is 14.0. The number of nitrogens with zero attached hydrogens (tertiary/aromatic N) is 1. The normalized spacial score (nSPS) is 18.3. The zero-order valence-electron chi connectivity index (χ0n) is 17.1. The monoisotopic (exact) mass is 406 g/mol. The molecule has 0 spiro atoms. The molecule has 0 radical (unpaired) electrons. The smallest absolute Gasteiger partial charge is 0.317 e. The van der Waals surface area contributed by atoms with Crippen LogP contribution < -0.4 is 20.9 Å². The van der Waals surface area contributed by atoms with E-state index < -0.39 is 11.4 Å². The number of rotatable bonds is 11. The Balaban J connectivity index is 1.43. The average Bonchev–Trinajstić information content (AvgIpc) is 3.34. The van der Waals surface area contributed by atoms with Gasteiger partial charge in [0.2, 0.25) is 0 Å². The summed E-state index contributed by atoms with van der Waals surface area (Å²) in [6, 6.07) is 4.89. The van der Waals surface area contributed by atoms with E-state index in [0.717, 1.165) is 37.9 Å². The van der Waals surface area contributed by atoms with Crippen LogP contribution in [0.4, 0.5) is 9.18 Å². The Hall–Kier alpha value is -2.16. The third kappa shape index (κ3) is 6.16. The maximum Gasteiger partial charge on any atom is 0.317 e. The molecule has 4 N–H and O–H groups in total. The van der Waals surface area contributed by atoms with Crippen molar-refractivity contribution in [1.82, 2.24) is 21.1 Å². The lowest BCUT2D eigenvalue weighted by molar-refractivity contribution is 0.0271. The summed E-state index contributed by atoms with van der Waals surface area (Å²) in [6.07, 6.45) is 6.81. The molecule has 1 aromatic rings. The number of urea groups is 1. The maximum absolute atomic E-state index is 14.0. The van der Waals surface area contributed by atoms with Crippen LogP contribution in [0.1, 0.15) is 38.7 Å². The van der Waals surface area contributed by atoms with Gasteiger partial charge in [0.25, 0.3) is 0 Å². The Labute approximate surface area is 171 Å². The van der Waals surface area contributed by atoms with Gasteiger partial charge in [-0.15, -0.1) is 0 Å². The summed E-state index contributed by atoms with van der Waals surface area (Å²) in [5, 5.41) is 12.6. The molecule has 0 aromatic heterocycles. The summed E-state index contributed by atoms with van der Waals surface area (Å²) in [6.45, 7) is 6.12. The van der Waals surface area contributed by atoms with Crippen molar-refractivity contribution >= 4 is 6.03 Å². The second-order valence-corrected chi connectivity index (χ2v) is 8.32. The Morgan fingerprint density at radius 1 is 1.38 bits per heavy atom. The van der Waals surface area contributed by atoms with Crippen molar-refractivity contribution in [2.24, 2.45) is 0 Å². The number of hydrazine groups is 1. The topological polar surface area (TPSA) is 85.9 Å². The summed E-state index contributed by atoms with van der Waals surface area (Å²) in [5.41, 5.74) is 6.34. The van der Waals surface area contributed by atoms with Crippen molar-refractivity contribution in [3.05, 3.63) is 41.7 Å². The van der Waals surface area contributed by atoms with Gasteiger partial charge in [-0.3, -0.25) is 5.43 Å². The minimum absolute atomic E-state index is 0.00434. The highest BCUT2D eigenvalue weighted by molar-refractivity contribution is 5.76. The zero-order valence-corrected chi connectivity index (χ0v) is 17.1. The summed E-state index contributed by atoms with van der Waals surface area (Å²) in [7, 11) is 0. The first kappa shape index (κ1) is 21.5. The Bertz CT molecular complexity index is 744. The van der Waals surface area contributed by atoms with Crippen LogP contribution in [0.25, 0.3) is 0 Å². The standard InChI is InChI=1S/C21H31FN4O3/c1-20(2,28)15-29-18-14-16(6-7-17(18)22)21(8-9-21)25-24-10-4-3-5-12-26-13-11-23-19(26)27/h3,5-7,14,24-25,28H,4,8-13,15H2,1-2H3,(H,23,27)/b5-3+. The largest absolute Gasteiger partial charge is 0.488 e. The average molecular weight is 407 g/mol. The van der Waals surface area contributed by atoms with Crippen molar-refractivity contribution in [2.75, 3.05) is 32.8 Å². The first-order valence-electron chi connectivity index (χ1n) is 10.1. The van der Waals surface area contributed by atoms with Crippen molar-refractivity contribution in [2.45, 2.75) is 44.2 Å². The van der Waals surface area contributed by atoms with Crippen LogP contribution in [-0.4, -0.2) is 54.4 Å². The number of halogens is 1. The van der Waals surface area contributed by atoms with Crippen LogP contribution in [-0.2, 0) is 5.54 Å². The minimum Gasteiger partial charge on any atom is -0.488 e. The molecule has 2 fully saturated rings. The molecule has 1 saturated carbocycles. The predicted molar refractivity (Wildman–Crippen MR) is 109 cm³/mol. The molecule has 2 amide bonds. The van der Waals surface area contributed by atoms with Gasteiger partial charge >= 0.3 is 6.03 Å². The molecule has 1 aliphatic carbocycles. The number of carbonyl (C=O) groups excluding carboxylic acids is 1. The lowest BCUT2D eigenvalue weighted by atomic mass is 10.0. The van der Waals surface area contributed by atoms with E-state index in [1.54, 1.807) is 30.9 Å². The van der Waals surface area contributed by atoms with Crippen LogP contribution in [0.3, 0.4) is 0 Å². The predicted octanol–water partition coefficient (Wildman–Crippen LogP) is 2.03. The third-order valence-corrected chi connectivity index (χ3v) is 5.02. The quantitative estimate of drug-likeness (QED) is 0.257. The lowest BCUT2D eigenvalue weighted by Crippen LogP contribution is -2.41. The molecule has 1 saturated heterocycles. The number of carbonyl (C=O) groups is 1. The highest BCUT2D eigenvalue weighted by atomic mass is 19.1. The molecular formula is C21H31FN4O3. The highest BCUT2D eigenvalue weighted by Gasteiger charge is 2.44. The Kier molecular flexibility index (Phi) is 6.77. The molecule has 8 heteroatoms. The van der Waals surface area contributed by atoms with Gasteiger partial charge in [0.15, 0.2) is 11.6 Å². The number of benzene rings is 1. The van der Waals surface area contributed by atoms with E-state index in [9.17, 15) is 14.3 Å². The molecule has 160 valence electrons. The van der Waals surface area contributed by atoms with E-state index in [-0.39, 0.29) is 23.9 Å². The van der Waals surface area contributed by atoms with Gasteiger partial charge in [-0.1, -0.05) is 18.2 Å². The number of nitrogens with one attached hydrogen (secondary N) is 3. The Morgan fingerprint density at radius 3 is 2.83 bits per heavy atom. The summed E-state index contributed by atoms with van der Waals surface area (Å²) in [5.74, 6) is -0.273. The molecule has 0 unspecified atom stereocenters. The second kappa shape index (κ2) is 9.11. The van der Waals surface area contributed by atoms with E-state index in [2.05, 4.69) is 22.2 Å². The zero-order chi connectivity index (χ0) is 20.9. The van der Waals surface area contributed by atoms with Crippen molar-refractivity contribution < 1.29 is 19.0 Å². The van der Waals surface area contributed by atoms with E-state index in [1.165, 1.54) is 6.07 Å². The van der Waals surface area contributed by atoms with E-state index in [0.29, 0.717) is 13.1 Å². The lowest BCUT2D eigenvalue weighted by Gasteiger charge is -2.21. The first-order chi connectivity index (χ1) is 13.8. The number of hydrogen-bond acceptors (Lipinski definition) is 5. The van der Waals surface area contributed by atoms with Gasteiger partial charge in [0, 0.05) is 26.2 Å². The molecular weight excluding hydrogens is 375 g/mol. The molecule has 29 heavy (non-hydrogen) atoms. The van der Waals surface area contributed by atoms with E-state index >= 15 is 0 Å². The molecule has 1 heterocycles. The van der Waals surface area contributed by atoms with Gasteiger partial charge in [-0.2, -0.15) is 0 Å². The SMILES string of the molecule is CC(C)(O)COc1cc(C2(NNCC/C=C/CN3CCNC3=O)CC2)ccc1F. The van der Waals surface area contributed by atoms with E-state index in [4.69, 9.17) is 4.74 Å². The first-order valence-corrected chi connectivity index (χ1v) is 10.1. The number of amides is 2. The van der Waals surface area contributed by atoms with Crippen molar-refractivity contribution in [3.63, 3.8) is 0 Å². The second-order valence-electron chi connectivity index (χ2n) is 8.32. The van der Waals surface area contributed by atoms with Gasteiger partial charge in [-0.25, -0.2) is 14.6 Å². The van der Waals surface area contributed by atoms with Crippen LogP contribution in [0.15, 0.2) is 30.4 Å². The van der Waals surface area contributed by atoms with Gasteiger partial charge < -0.3 is 20.1 Å². The van der Waals surface area contributed by atoms with Gasteiger partial charge in [-0.05, 0) is 50.8 Å². The molecule has 7 nitrogen and oxygen atoms in total. The fraction of sp³-hybridized carbons (Fsp3) is 0.571. The summed E-state index contributed by atoms with van der Waals surface area (Å²) >= 11 is 0. The fourth-order valence-electron chi connectivity index (χ4n) is 3.17. The fourth-order valence-corrected chi connectivity index (χ4v) is 3.17. The van der Waals surface area contributed by atoms with Crippen LogP contribution in [0.5, 0.6) is 5.75 Å². The third-order valence-electron chi connectivity index (χ3n) is 5.02. The molecule has 0 bridgehead atoms. The molecule has 1 aliphatic heterocycles. The molecule has 2 aliphatic rings. The van der Waals surface area contributed by atoms with E-state index in [1.807, 2.05) is 6.08 Å². The van der Waals surface area contributed by atoms with Gasteiger partial charge in [0.1, 0.15) is 6.61 Å². The summed E-state index contributed by atoms with van der Waals surface area (Å²) in [4.78, 5) is 13.2. The summed E-state index contributed by atoms with van der Waals surface area (Å²) < 4.78 is 19.5. The highest BCUT2D eigenvalue weighted by Crippen LogP contribution is 2.46. The molecule has 3 rings (SSSR count). The molecule has 0 atom stereocenters. The van der Waals surface area contributed by atoms with Crippen LogP contribution >= 0.6 is 0 Å². The Morgan fingerprint density at radius 2 is 2.17 bits per heavy atom. The van der Waals surface area contributed by atoms with Crippen molar-refractivity contribution in [3.8, 4) is 5.75 Å². The van der Waals surface area contributed by atoms with Crippen molar-refractivity contribution in [1.29, 1.82) is 0 Å². The van der Waals surface area contributed by atoms with Gasteiger partial charge in [0.05, 0.1) is 11.1 Å². The number of ether oxygens (including phenoxy) is 1. The minimum atomic E-state index is -1.02. The van der Waals surface area contributed by atoms with Crippen LogP contribution in [0, 0.1) is 5.82 Å². The number of hydrogen-bond donors (Lipinski definition) is 4.